The van der Waals surface area contributed by atoms with Gasteiger partial charge in [-0.2, -0.15) is 0 Å². The minimum Gasteiger partial charge on any atom is -0.380 e. The van der Waals surface area contributed by atoms with Gasteiger partial charge in [-0.3, -0.25) is 14.6 Å². The molecule has 202 valence electrons. The van der Waals surface area contributed by atoms with Gasteiger partial charge < -0.3 is 16.0 Å². The second-order valence-corrected chi connectivity index (χ2v) is 10.5. The first-order valence-electron chi connectivity index (χ1n) is 12.8. The third kappa shape index (κ3) is 6.37. The molecule has 0 unspecified atom stereocenters. The molecule has 2 aliphatic rings. The Hall–Kier alpha value is -2.39. The number of primary amides is 1. The highest BCUT2D eigenvalue weighted by Gasteiger charge is 2.34. The predicted octanol–water partition coefficient (Wildman–Crippen LogP) is 5.04. The molecule has 1 aromatic carbocycles. The number of likely N-dealkylation sites (tertiary alicyclic amines) is 1. The number of carbonyl (C=O) groups excluding carboxylic acids is 1. The van der Waals surface area contributed by atoms with Crippen LogP contribution in [-0.4, -0.2) is 72.0 Å². The summed E-state index contributed by atoms with van der Waals surface area (Å²) in [5.74, 6) is -0.152. The first-order chi connectivity index (χ1) is 17.8. The minimum absolute atomic E-state index is 0. The summed E-state index contributed by atoms with van der Waals surface area (Å²) in [6.45, 7) is 11.4. The SMILES string of the molecule is C=CCNc1c(C(N)=O)cnc(N2CCN(C3CCN(Cc4ccc(Cl)cc4F)CC3)[C@@H](CC)C2)c1Cl.[HH]. The van der Waals surface area contributed by atoms with Gasteiger partial charge >= 0.3 is 0 Å². The number of nitrogens with one attached hydrogen (secondary N) is 1. The van der Waals surface area contributed by atoms with Gasteiger partial charge in [-0.1, -0.05) is 42.3 Å². The van der Waals surface area contributed by atoms with E-state index >= 15 is 0 Å². The van der Waals surface area contributed by atoms with E-state index in [9.17, 15) is 9.18 Å². The van der Waals surface area contributed by atoms with Crippen molar-refractivity contribution in [3.05, 3.63) is 64.0 Å². The van der Waals surface area contributed by atoms with Crippen molar-refractivity contribution in [2.24, 2.45) is 5.73 Å². The van der Waals surface area contributed by atoms with Crippen LogP contribution >= 0.6 is 23.2 Å². The number of benzene rings is 1. The fraction of sp³-hybridized carbons (Fsp3) is 0.481. The topological polar surface area (TPSA) is 77.7 Å². The molecule has 1 atom stereocenters. The van der Waals surface area contributed by atoms with Crippen molar-refractivity contribution in [2.75, 3.05) is 49.5 Å². The summed E-state index contributed by atoms with van der Waals surface area (Å²) in [6, 6.07) is 5.76. The lowest BCUT2D eigenvalue weighted by Gasteiger charge is -2.48. The average Bonchev–Trinajstić information content (AvgIpc) is 2.89. The average molecular weight is 552 g/mol. The van der Waals surface area contributed by atoms with Crippen LogP contribution in [0, 0.1) is 5.82 Å². The number of hydrogen-bond donors (Lipinski definition) is 2. The van der Waals surface area contributed by atoms with Gasteiger partial charge in [0.05, 0.1) is 11.3 Å². The van der Waals surface area contributed by atoms with Gasteiger partial charge in [0.1, 0.15) is 16.7 Å². The van der Waals surface area contributed by atoms with Crippen LogP contribution in [0.4, 0.5) is 15.9 Å². The summed E-state index contributed by atoms with van der Waals surface area (Å²) in [5.41, 5.74) is 7.00. The third-order valence-corrected chi connectivity index (χ3v) is 8.02. The Morgan fingerprint density at radius 2 is 2.05 bits per heavy atom. The largest absolute Gasteiger partial charge is 0.380 e. The second kappa shape index (κ2) is 12.4. The predicted molar refractivity (Wildman–Crippen MR) is 151 cm³/mol. The highest BCUT2D eigenvalue weighted by Crippen LogP contribution is 2.35. The lowest BCUT2D eigenvalue weighted by atomic mass is 9.97. The Bertz CT molecular complexity index is 1130. The molecule has 1 aromatic heterocycles. The molecule has 3 heterocycles. The van der Waals surface area contributed by atoms with Gasteiger partial charge in [0, 0.05) is 63.0 Å². The molecule has 0 aliphatic carbocycles. The number of piperazine rings is 1. The number of carbonyl (C=O) groups is 1. The Kier molecular flexibility index (Phi) is 9.29. The zero-order valence-electron chi connectivity index (χ0n) is 21.2. The maximum absolute atomic E-state index is 14.3. The molecule has 4 rings (SSSR count). The van der Waals surface area contributed by atoms with Crippen molar-refractivity contribution < 1.29 is 10.6 Å². The standard InChI is InChI=1S/C27H35Cl2FN6O.H2/c1-3-9-32-25-22(26(31)37)15-33-27(24(25)29)35-12-13-36(20(4-2)17-35)21-7-10-34(11-8-21)16-18-5-6-19(28)14-23(18)30;/h3,5-6,14-15,20-21H,1,4,7-13,16-17H2,2H3,(H2,31,37)(H,32,33);1H/t20-;/m0./s1. The summed E-state index contributed by atoms with van der Waals surface area (Å²) >= 11 is 12.6. The van der Waals surface area contributed by atoms with Crippen LogP contribution < -0.4 is 16.0 Å². The number of rotatable bonds is 9. The summed E-state index contributed by atoms with van der Waals surface area (Å²) < 4.78 is 14.3. The Morgan fingerprint density at radius 1 is 1.30 bits per heavy atom. The minimum atomic E-state index is -0.575. The van der Waals surface area contributed by atoms with E-state index in [0.29, 0.717) is 52.3 Å². The van der Waals surface area contributed by atoms with Crippen LogP contribution in [-0.2, 0) is 6.54 Å². The number of anilines is 2. The summed E-state index contributed by atoms with van der Waals surface area (Å²) in [5, 5.41) is 3.97. The highest BCUT2D eigenvalue weighted by atomic mass is 35.5. The second-order valence-electron chi connectivity index (χ2n) is 9.71. The van der Waals surface area contributed by atoms with E-state index in [1.54, 1.807) is 18.2 Å². The first kappa shape index (κ1) is 27.6. The Morgan fingerprint density at radius 3 is 2.70 bits per heavy atom. The molecule has 0 saturated carbocycles. The molecule has 2 aromatic rings. The number of pyridine rings is 1. The molecule has 2 aliphatic heterocycles. The van der Waals surface area contributed by atoms with Gasteiger partial charge in [-0.15, -0.1) is 6.58 Å². The molecule has 7 nitrogen and oxygen atoms in total. The molecule has 0 bridgehead atoms. The number of halogens is 3. The molecular formula is C27H37Cl2FN6O. The van der Waals surface area contributed by atoms with Crippen molar-refractivity contribution in [1.29, 1.82) is 0 Å². The third-order valence-electron chi connectivity index (χ3n) is 7.42. The summed E-state index contributed by atoms with van der Waals surface area (Å²) in [6.07, 6.45) is 6.30. The van der Waals surface area contributed by atoms with E-state index in [4.69, 9.17) is 28.9 Å². The van der Waals surface area contributed by atoms with E-state index < -0.39 is 5.91 Å². The maximum Gasteiger partial charge on any atom is 0.252 e. The molecule has 2 fully saturated rings. The van der Waals surface area contributed by atoms with Gasteiger partial charge in [-0.05, 0) is 44.5 Å². The Balaban J connectivity index is 0.00000400. The molecule has 3 N–H and O–H groups in total. The van der Waals surface area contributed by atoms with E-state index in [1.807, 2.05) is 0 Å². The number of piperidine rings is 1. The number of hydrogen-bond acceptors (Lipinski definition) is 6. The number of nitrogens with two attached hydrogens (primary N) is 1. The fourth-order valence-electron chi connectivity index (χ4n) is 5.44. The van der Waals surface area contributed by atoms with Crippen LogP contribution in [0.3, 0.4) is 0 Å². The van der Waals surface area contributed by atoms with Crippen LogP contribution in [0.25, 0.3) is 0 Å². The molecular weight excluding hydrogens is 514 g/mol. The zero-order valence-corrected chi connectivity index (χ0v) is 22.7. The number of nitrogens with zero attached hydrogens (tertiary/aromatic N) is 4. The summed E-state index contributed by atoms with van der Waals surface area (Å²) in [4.78, 5) is 23.6. The van der Waals surface area contributed by atoms with Gasteiger partial charge in [0.2, 0.25) is 0 Å². The van der Waals surface area contributed by atoms with Crippen molar-refractivity contribution in [3.8, 4) is 0 Å². The van der Waals surface area contributed by atoms with E-state index in [0.717, 1.165) is 52.0 Å². The quantitative estimate of drug-likeness (QED) is 0.426. The summed E-state index contributed by atoms with van der Waals surface area (Å²) in [7, 11) is 0. The van der Waals surface area contributed by atoms with E-state index in [2.05, 4.69) is 38.5 Å². The first-order valence-corrected chi connectivity index (χ1v) is 13.6. The van der Waals surface area contributed by atoms with Gasteiger partial charge in [0.15, 0.2) is 0 Å². The Labute approximate surface area is 229 Å². The smallest absolute Gasteiger partial charge is 0.252 e. The lowest BCUT2D eigenvalue weighted by Crippen LogP contribution is -2.58. The zero-order chi connectivity index (χ0) is 26.5. The van der Waals surface area contributed by atoms with Crippen molar-refractivity contribution in [2.45, 2.75) is 44.8 Å². The van der Waals surface area contributed by atoms with Gasteiger partial charge in [0.25, 0.3) is 5.91 Å². The van der Waals surface area contributed by atoms with Crippen LogP contribution in [0.15, 0.2) is 37.1 Å². The molecule has 0 radical (unpaired) electrons. The monoisotopic (exact) mass is 550 g/mol. The molecule has 2 saturated heterocycles. The molecule has 10 heteroatoms. The number of amides is 1. The molecule has 0 spiro atoms. The van der Waals surface area contributed by atoms with Crippen LogP contribution in [0.1, 0.15) is 43.5 Å². The van der Waals surface area contributed by atoms with Crippen molar-refractivity contribution >= 4 is 40.6 Å². The maximum atomic E-state index is 14.3. The van der Waals surface area contributed by atoms with Gasteiger partial charge in [-0.25, -0.2) is 9.37 Å². The normalized spacial score (nSPS) is 19.7. The molecule has 1 amide bonds. The lowest BCUT2D eigenvalue weighted by molar-refractivity contribution is 0.0607. The van der Waals surface area contributed by atoms with Crippen molar-refractivity contribution in [3.63, 3.8) is 0 Å². The fourth-order valence-corrected chi connectivity index (χ4v) is 5.93. The van der Waals surface area contributed by atoms with Crippen molar-refractivity contribution in [1.82, 2.24) is 14.8 Å². The highest BCUT2D eigenvalue weighted by molar-refractivity contribution is 6.36. The van der Waals surface area contributed by atoms with Crippen LogP contribution in [0.5, 0.6) is 0 Å². The van der Waals surface area contributed by atoms with E-state index in [1.165, 1.54) is 12.3 Å². The number of aromatic nitrogens is 1. The van der Waals surface area contributed by atoms with Crippen LogP contribution in [0.2, 0.25) is 10.0 Å². The molecule has 37 heavy (non-hydrogen) atoms. The van der Waals surface area contributed by atoms with E-state index in [-0.39, 0.29) is 12.8 Å².